The molecule has 0 aromatic carbocycles. The van der Waals surface area contributed by atoms with Crippen molar-refractivity contribution in [2.24, 2.45) is 0 Å². The molecule has 10 heteroatoms. The lowest BCUT2D eigenvalue weighted by Gasteiger charge is -2.28. The van der Waals surface area contributed by atoms with Crippen molar-refractivity contribution in [1.29, 1.82) is 0 Å². The van der Waals surface area contributed by atoms with E-state index in [9.17, 15) is 19.1 Å². The van der Waals surface area contributed by atoms with Crippen LogP contribution < -0.4 is 14.8 Å². The van der Waals surface area contributed by atoms with Crippen molar-refractivity contribution in [3.05, 3.63) is 17.4 Å². The maximum Gasteiger partial charge on any atom is 0.407 e. The fourth-order valence-electron chi connectivity index (χ4n) is 3.99. The molecule has 0 spiro atoms. The lowest BCUT2D eigenvalue weighted by molar-refractivity contribution is -0.125. The summed E-state index contributed by atoms with van der Waals surface area (Å²) in [6, 6.07) is 0.488. The third kappa shape index (κ3) is 5.10. The zero-order chi connectivity index (χ0) is 21.7. The topological polar surface area (TPSA) is 110 Å². The Labute approximate surface area is 174 Å². The second kappa shape index (κ2) is 9.92. The van der Waals surface area contributed by atoms with Crippen molar-refractivity contribution < 1.29 is 33.3 Å². The second-order valence-corrected chi connectivity index (χ2v) is 7.55. The van der Waals surface area contributed by atoms with Crippen LogP contribution in [0.25, 0.3) is 0 Å². The molecule has 30 heavy (non-hydrogen) atoms. The SMILES string of the molecule is COc1nc(OC2CCC(OC)CC2)c(F)cc1CNC(=O)C1CCCN1C(=O)O. The standard InChI is InChI=1S/C20H28FN3O6/c1-28-13-5-7-14(8-6-13)30-19-15(21)10-12(18(23-19)29-2)11-22-17(25)16-4-3-9-24(16)20(26)27/h10,13-14,16H,3-9,11H2,1-2H3,(H,22,25)(H,26,27). The first-order valence-electron chi connectivity index (χ1n) is 10.1. The van der Waals surface area contributed by atoms with Crippen molar-refractivity contribution in [3.63, 3.8) is 0 Å². The lowest BCUT2D eigenvalue weighted by atomic mass is 9.95. The van der Waals surface area contributed by atoms with Crippen LogP contribution in [0.1, 0.15) is 44.1 Å². The molecule has 1 atom stereocenters. The monoisotopic (exact) mass is 425 g/mol. The van der Waals surface area contributed by atoms with Gasteiger partial charge in [-0.2, -0.15) is 4.98 Å². The third-order valence-corrected chi connectivity index (χ3v) is 5.66. The van der Waals surface area contributed by atoms with Crippen LogP contribution in [0, 0.1) is 5.82 Å². The number of hydrogen-bond acceptors (Lipinski definition) is 6. The molecule has 9 nitrogen and oxygen atoms in total. The molecule has 1 aromatic heterocycles. The minimum absolute atomic E-state index is 0.0326. The molecule has 2 amide bonds. The Kier molecular flexibility index (Phi) is 7.30. The number of ether oxygens (including phenoxy) is 3. The van der Waals surface area contributed by atoms with Gasteiger partial charge in [-0.25, -0.2) is 9.18 Å². The van der Waals surface area contributed by atoms with Crippen LogP contribution in [0.15, 0.2) is 6.07 Å². The van der Waals surface area contributed by atoms with Crippen LogP contribution in [0.2, 0.25) is 0 Å². The van der Waals surface area contributed by atoms with E-state index in [1.54, 1.807) is 7.11 Å². The summed E-state index contributed by atoms with van der Waals surface area (Å²) in [4.78, 5) is 28.9. The van der Waals surface area contributed by atoms with Crippen molar-refractivity contribution in [3.8, 4) is 11.8 Å². The van der Waals surface area contributed by atoms with Gasteiger partial charge in [0.05, 0.1) is 13.2 Å². The predicted molar refractivity (Wildman–Crippen MR) is 104 cm³/mol. The molecule has 1 unspecified atom stereocenters. The fraction of sp³-hybridized carbons (Fsp3) is 0.650. The number of carbonyl (C=O) groups is 2. The maximum atomic E-state index is 14.6. The number of methoxy groups -OCH3 is 2. The highest BCUT2D eigenvalue weighted by Gasteiger charge is 2.34. The van der Waals surface area contributed by atoms with E-state index in [4.69, 9.17) is 14.2 Å². The number of amides is 2. The summed E-state index contributed by atoms with van der Waals surface area (Å²) < 4.78 is 30.9. The Morgan fingerprint density at radius 2 is 1.90 bits per heavy atom. The summed E-state index contributed by atoms with van der Waals surface area (Å²) in [5.41, 5.74) is 0.346. The summed E-state index contributed by atoms with van der Waals surface area (Å²) >= 11 is 0. The van der Waals surface area contributed by atoms with Crippen molar-refractivity contribution >= 4 is 12.0 Å². The Hall–Kier alpha value is -2.62. The highest BCUT2D eigenvalue weighted by molar-refractivity contribution is 5.85. The number of nitrogens with zero attached hydrogens (tertiary/aromatic N) is 2. The molecule has 3 rings (SSSR count). The minimum Gasteiger partial charge on any atom is -0.481 e. The molecule has 0 bridgehead atoms. The molecule has 2 N–H and O–H groups in total. The van der Waals surface area contributed by atoms with E-state index in [1.807, 2.05) is 0 Å². The van der Waals surface area contributed by atoms with Crippen molar-refractivity contribution in [1.82, 2.24) is 15.2 Å². The van der Waals surface area contributed by atoms with Gasteiger partial charge in [-0.3, -0.25) is 9.69 Å². The molecule has 1 saturated carbocycles. The van der Waals surface area contributed by atoms with Crippen molar-refractivity contribution in [2.45, 2.75) is 63.3 Å². The smallest absolute Gasteiger partial charge is 0.407 e. The Morgan fingerprint density at radius 3 is 2.53 bits per heavy atom. The van der Waals surface area contributed by atoms with Gasteiger partial charge in [-0.15, -0.1) is 0 Å². The van der Waals surface area contributed by atoms with Gasteiger partial charge in [0, 0.05) is 25.8 Å². The minimum atomic E-state index is -1.13. The molecule has 2 fully saturated rings. The third-order valence-electron chi connectivity index (χ3n) is 5.66. The number of carboxylic acid groups (broad SMARTS) is 1. The summed E-state index contributed by atoms with van der Waals surface area (Å²) in [6.07, 6.45) is 3.22. The molecule has 1 aliphatic heterocycles. The highest BCUT2D eigenvalue weighted by atomic mass is 19.1. The fourth-order valence-corrected chi connectivity index (χ4v) is 3.99. The van der Waals surface area contributed by atoms with E-state index in [-0.39, 0.29) is 30.5 Å². The number of likely N-dealkylation sites (tertiary alicyclic amines) is 1. The van der Waals surface area contributed by atoms with Gasteiger partial charge in [0.15, 0.2) is 5.82 Å². The average molecular weight is 425 g/mol. The average Bonchev–Trinajstić information content (AvgIpc) is 3.24. The first-order valence-corrected chi connectivity index (χ1v) is 10.1. The number of halogens is 1. The van der Waals surface area contributed by atoms with E-state index in [0.29, 0.717) is 24.9 Å². The van der Waals surface area contributed by atoms with E-state index in [1.165, 1.54) is 13.2 Å². The Morgan fingerprint density at radius 1 is 1.20 bits per heavy atom. The summed E-state index contributed by atoms with van der Waals surface area (Å²) in [5, 5.41) is 11.8. The first-order chi connectivity index (χ1) is 14.4. The van der Waals surface area contributed by atoms with Gasteiger partial charge < -0.3 is 24.6 Å². The molecule has 1 aliphatic carbocycles. The number of nitrogens with one attached hydrogen (secondary N) is 1. The largest absolute Gasteiger partial charge is 0.481 e. The number of pyridine rings is 1. The first kappa shape index (κ1) is 22.1. The molecular weight excluding hydrogens is 397 g/mol. The van der Waals surface area contributed by atoms with Crippen LogP contribution in [0.3, 0.4) is 0 Å². The summed E-state index contributed by atoms with van der Waals surface area (Å²) in [7, 11) is 3.09. The summed E-state index contributed by atoms with van der Waals surface area (Å²) in [6.45, 7) is 0.292. The van der Waals surface area contributed by atoms with E-state index >= 15 is 0 Å². The molecule has 1 saturated heterocycles. The maximum absolute atomic E-state index is 14.6. The molecule has 2 aliphatic rings. The van der Waals surface area contributed by atoms with Gasteiger partial charge in [-0.1, -0.05) is 0 Å². The van der Waals surface area contributed by atoms with Crippen LogP contribution >= 0.6 is 0 Å². The second-order valence-electron chi connectivity index (χ2n) is 7.55. The van der Waals surface area contributed by atoms with Crippen LogP contribution in [0.4, 0.5) is 9.18 Å². The van der Waals surface area contributed by atoms with Gasteiger partial charge in [0.2, 0.25) is 11.8 Å². The van der Waals surface area contributed by atoms with Gasteiger partial charge >= 0.3 is 6.09 Å². The van der Waals surface area contributed by atoms with Crippen molar-refractivity contribution in [2.75, 3.05) is 20.8 Å². The highest BCUT2D eigenvalue weighted by Crippen LogP contribution is 2.29. The quantitative estimate of drug-likeness (QED) is 0.690. The van der Waals surface area contributed by atoms with Crippen LogP contribution in [-0.4, -0.2) is 66.0 Å². The Bertz CT molecular complexity index is 769. The van der Waals surface area contributed by atoms with Gasteiger partial charge in [0.1, 0.15) is 12.1 Å². The number of carbonyl (C=O) groups excluding carboxylic acids is 1. The zero-order valence-electron chi connectivity index (χ0n) is 17.2. The number of aromatic nitrogens is 1. The predicted octanol–water partition coefficient (Wildman–Crippen LogP) is 2.32. The summed E-state index contributed by atoms with van der Waals surface area (Å²) in [5.74, 6) is -1.04. The molecule has 2 heterocycles. The molecular formula is C20H28FN3O6. The molecule has 1 aromatic rings. The van der Waals surface area contributed by atoms with E-state index in [2.05, 4.69) is 10.3 Å². The zero-order valence-corrected chi connectivity index (χ0v) is 17.2. The van der Waals surface area contributed by atoms with Crippen LogP contribution in [-0.2, 0) is 16.1 Å². The van der Waals surface area contributed by atoms with E-state index < -0.39 is 23.9 Å². The van der Waals surface area contributed by atoms with Gasteiger partial charge in [0.25, 0.3) is 5.88 Å². The number of hydrogen-bond donors (Lipinski definition) is 2. The molecule has 0 radical (unpaired) electrons. The normalized spacial score (nSPS) is 23.8. The number of rotatable bonds is 7. The van der Waals surface area contributed by atoms with E-state index in [0.717, 1.165) is 30.6 Å². The van der Waals surface area contributed by atoms with Crippen LogP contribution in [0.5, 0.6) is 11.8 Å². The van der Waals surface area contributed by atoms with Gasteiger partial charge in [-0.05, 0) is 44.6 Å². The Balaban J connectivity index is 1.62. The molecule has 166 valence electrons. The lowest BCUT2D eigenvalue weighted by Crippen LogP contribution is -2.45.